The number of carbonyl (C=O) groups is 1. The van der Waals surface area contributed by atoms with E-state index in [1.54, 1.807) is 0 Å². The number of piperazine rings is 1. The van der Waals surface area contributed by atoms with Gasteiger partial charge in [-0.2, -0.15) is 0 Å². The van der Waals surface area contributed by atoms with Gasteiger partial charge in [-0.1, -0.05) is 55.5 Å². The topological polar surface area (TPSA) is 87.1 Å². The molecule has 3 aromatic carbocycles. The van der Waals surface area contributed by atoms with Gasteiger partial charge in [0.2, 0.25) is 5.95 Å². The summed E-state index contributed by atoms with van der Waals surface area (Å²) in [5, 5.41) is 4.36. The highest BCUT2D eigenvalue weighted by Crippen LogP contribution is 2.28. The Kier molecular flexibility index (Phi) is 6.82. The maximum atomic E-state index is 13.4. The highest BCUT2D eigenvalue weighted by molar-refractivity contribution is 5.96. The third-order valence-electron chi connectivity index (χ3n) is 6.96. The monoisotopic (exact) mass is 515 g/mol. The lowest BCUT2D eigenvalue weighted by Crippen LogP contribution is -2.49. The molecule has 0 bridgehead atoms. The van der Waals surface area contributed by atoms with E-state index in [9.17, 15) is 4.79 Å². The molecule has 3 heterocycles. The Hall–Kier alpha value is -4.85. The van der Waals surface area contributed by atoms with Gasteiger partial charge in [0.15, 0.2) is 5.82 Å². The molecule has 0 unspecified atom stereocenters. The SMILES string of the molecule is CCc1cnc(N2CCN(C(=O)c3cccc(Nc4nc(-c5ccccc5)nc5ccccc45)c3)CC2)nc1. The second kappa shape index (κ2) is 10.9. The van der Waals surface area contributed by atoms with E-state index in [0.717, 1.165) is 40.1 Å². The van der Waals surface area contributed by atoms with Gasteiger partial charge >= 0.3 is 0 Å². The number of carbonyl (C=O) groups excluding carboxylic acids is 1. The normalized spacial score (nSPS) is 13.5. The lowest BCUT2D eigenvalue weighted by atomic mass is 10.1. The fourth-order valence-electron chi connectivity index (χ4n) is 4.74. The smallest absolute Gasteiger partial charge is 0.254 e. The molecule has 0 saturated carbocycles. The fraction of sp³-hybridized carbons (Fsp3) is 0.194. The fourth-order valence-corrected chi connectivity index (χ4v) is 4.74. The van der Waals surface area contributed by atoms with Crippen LogP contribution >= 0.6 is 0 Å². The van der Waals surface area contributed by atoms with Gasteiger partial charge in [-0.25, -0.2) is 19.9 Å². The van der Waals surface area contributed by atoms with Crippen LogP contribution in [-0.4, -0.2) is 56.9 Å². The number of nitrogens with zero attached hydrogens (tertiary/aromatic N) is 6. The zero-order valence-electron chi connectivity index (χ0n) is 21.8. The summed E-state index contributed by atoms with van der Waals surface area (Å²) in [4.78, 5) is 36.0. The first-order valence-corrected chi connectivity index (χ1v) is 13.2. The molecule has 1 amide bonds. The highest BCUT2D eigenvalue weighted by atomic mass is 16.2. The molecule has 1 aliphatic rings. The van der Waals surface area contributed by atoms with Gasteiger partial charge in [0, 0.05) is 60.8 Å². The van der Waals surface area contributed by atoms with Gasteiger partial charge in [-0.3, -0.25) is 4.79 Å². The van der Waals surface area contributed by atoms with Crippen LogP contribution in [0.15, 0.2) is 91.3 Å². The molecule has 0 aliphatic carbocycles. The van der Waals surface area contributed by atoms with E-state index in [0.29, 0.717) is 43.4 Å². The highest BCUT2D eigenvalue weighted by Gasteiger charge is 2.24. The molecular weight excluding hydrogens is 486 g/mol. The van der Waals surface area contributed by atoms with Gasteiger partial charge in [0.1, 0.15) is 5.82 Å². The minimum absolute atomic E-state index is 0.0121. The van der Waals surface area contributed by atoms with E-state index >= 15 is 0 Å². The molecule has 0 spiro atoms. The third-order valence-corrected chi connectivity index (χ3v) is 6.96. The first kappa shape index (κ1) is 24.5. The van der Waals surface area contributed by atoms with Gasteiger partial charge in [-0.15, -0.1) is 0 Å². The molecule has 2 aromatic heterocycles. The molecule has 1 aliphatic heterocycles. The number of hydrogen-bond donors (Lipinski definition) is 1. The third kappa shape index (κ3) is 5.27. The second-order valence-electron chi connectivity index (χ2n) is 9.51. The predicted octanol–water partition coefficient (Wildman–Crippen LogP) is 5.36. The van der Waals surface area contributed by atoms with Crippen molar-refractivity contribution in [2.45, 2.75) is 13.3 Å². The number of para-hydroxylation sites is 1. The number of aryl methyl sites for hydroxylation is 1. The summed E-state index contributed by atoms with van der Waals surface area (Å²) in [6.45, 7) is 4.72. The number of hydrogen-bond acceptors (Lipinski definition) is 7. The lowest BCUT2D eigenvalue weighted by molar-refractivity contribution is 0.0746. The van der Waals surface area contributed by atoms with Crippen LogP contribution in [0.4, 0.5) is 17.5 Å². The minimum atomic E-state index is 0.0121. The average Bonchev–Trinajstić information content (AvgIpc) is 3.01. The summed E-state index contributed by atoms with van der Waals surface area (Å²) >= 11 is 0. The number of rotatable bonds is 6. The lowest BCUT2D eigenvalue weighted by Gasteiger charge is -2.34. The number of aromatic nitrogens is 4. The number of nitrogens with one attached hydrogen (secondary N) is 1. The quantitative estimate of drug-likeness (QED) is 0.326. The van der Waals surface area contributed by atoms with Crippen molar-refractivity contribution in [1.82, 2.24) is 24.8 Å². The number of amides is 1. The number of benzene rings is 3. The molecule has 0 radical (unpaired) electrons. The van der Waals surface area contributed by atoms with E-state index in [1.165, 1.54) is 0 Å². The van der Waals surface area contributed by atoms with Crippen LogP contribution in [0.5, 0.6) is 0 Å². The van der Waals surface area contributed by atoms with E-state index < -0.39 is 0 Å². The van der Waals surface area contributed by atoms with Crippen LogP contribution in [0, 0.1) is 0 Å². The molecule has 6 rings (SSSR count). The summed E-state index contributed by atoms with van der Waals surface area (Å²) < 4.78 is 0. The Bertz CT molecular complexity index is 1600. The van der Waals surface area contributed by atoms with Crippen molar-refractivity contribution in [2.24, 2.45) is 0 Å². The van der Waals surface area contributed by atoms with Crippen LogP contribution in [0.1, 0.15) is 22.8 Å². The van der Waals surface area contributed by atoms with Gasteiger partial charge in [0.25, 0.3) is 5.91 Å². The van der Waals surface area contributed by atoms with Crippen molar-refractivity contribution < 1.29 is 4.79 Å². The van der Waals surface area contributed by atoms with E-state index in [2.05, 4.69) is 27.1 Å². The Balaban J connectivity index is 1.19. The first-order chi connectivity index (χ1) is 19.2. The van der Waals surface area contributed by atoms with Crippen molar-refractivity contribution in [3.63, 3.8) is 0 Å². The Labute approximate surface area is 227 Å². The standard InChI is InChI=1S/C31H29N7O/c1-2-22-20-32-31(33-21-22)38-17-15-37(16-18-38)30(39)24-11-8-12-25(19-24)34-29-26-13-6-7-14-27(26)35-28(36-29)23-9-4-3-5-10-23/h3-14,19-21H,2,15-18H2,1H3,(H,34,35,36). The summed E-state index contributed by atoms with van der Waals surface area (Å²) in [5.74, 6) is 2.08. The first-order valence-electron chi connectivity index (χ1n) is 13.2. The summed E-state index contributed by atoms with van der Waals surface area (Å²) in [5.41, 5.74) is 4.35. The molecule has 1 N–H and O–H groups in total. The Morgan fingerprint density at radius 1 is 0.846 bits per heavy atom. The summed E-state index contributed by atoms with van der Waals surface area (Å²) in [7, 11) is 0. The van der Waals surface area contributed by atoms with E-state index in [4.69, 9.17) is 9.97 Å². The van der Waals surface area contributed by atoms with Crippen molar-refractivity contribution in [3.05, 3.63) is 102 Å². The molecule has 5 aromatic rings. The Morgan fingerprint density at radius 3 is 2.36 bits per heavy atom. The number of fused-ring (bicyclic) bond motifs is 1. The van der Waals surface area contributed by atoms with Crippen molar-refractivity contribution in [3.8, 4) is 11.4 Å². The van der Waals surface area contributed by atoms with Crippen molar-refractivity contribution in [1.29, 1.82) is 0 Å². The van der Waals surface area contributed by atoms with Crippen LogP contribution in [0.3, 0.4) is 0 Å². The van der Waals surface area contributed by atoms with Crippen LogP contribution in [0.25, 0.3) is 22.3 Å². The number of anilines is 3. The van der Waals surface area contributed by atoms with Gasteiger partial charge < -0.3 is 15.1 Å². The molecule has 39 heavy (non-hydrogen) atoms. The molecule has 1 saturated heterocycles. The summed E-state index contributed by atoms with van der Waals surface area (Å²) in [6.07, 6.45) is 4.67. The molecular formula is C31H29N7O. The summed E-state index contributed by atoms with van der Waals surface area (Å²) in [6, 6.07) is 25.5. The largest absolute Gasteiger partial charge is 0.340 e. The minimum Gasteiger partial charge on any atom is -0.340 e. The average molecular weight is 516 g/mol. The van der Waals surface area contributed by atoms with Crippen LogP contribution in [0.2, 0.25) is 0 Å². The van der Waals surface area contributed by atoms with Gasteiger partial charge in [0.05, 0.1) is 5.52 Å². The Morgan fingerprint density at radius 2 is 1.59 bits per heavy atom. The van der Waals surface area contributed by atoms with Crippen LogP contribution < -0.4 is 10.2 Å². The van der Waals surface area contributed by atoms with E-state index in [-0.39, 0.29) is 5.91 Å². The molecule has 8 heteroatoms. The van der Waals surface area contributed by atoms with Crippen molar-refractivity contribution >= 4 is 34.3 Å². The zero-order valence-corrected chi connectivity index (χ0v) is 21.8. The molecule has 0 atom stereocenters. The maximum Gasteiger partial charge on any atom is 0.254 e. The maximum absolute atomic E-state index is 13.4. The predicted molar refractivity (Wildman–Crippen MR) is 154 cm³/mol. The zero-order chi connectivity index (χ0) is 26.6. The van der Waals surface area contributed by atoms with E-state index in [1.807, 2.05) is 96.2 Å². The molecule has 194 valence electrons. The molecule has 8 nitrogen and oxygen atoms in total. The van der Waals surface area contributed by atoms with Crippen LogP contribution in [-0.2, 0) is 6.42 Å². The second-order valence-corrected chi connectivity index (χ2v) is 9.51. The molecule has 1 fully saturated rings. The van der Waals surface area contributed by atoms with Gasteiger partial charge in [-0.05, 0) is 42.3 Å². The van der Waals surface area contributed by atoms with Crippen molar-refractivity contribution in [2.75, 3.05) is 36.4 Å².